The van der Waals surface area contributed by atoms with E-state index in [1.54, 1.807) is 14.2 Å². The molecule has 0 saturated heterocycles. The average molecular weight is 759 g/mol. The molecule has 0 spiro atoms. The van der Waals surface area contributed by atoms with Gasteiger partial charge in [0, 0.05) is 26.2 Å². The maximum absolute atomic E-state index is 12.1. The number of carbonyl (C=O) groups is 2. The molecule has 3 aromatic rings. The number of hydrogen-bond donors (Lipinski definition) is 3. The Balaban J connectivity index is 1.24. The number of methoxy groups -OCH3 is 2. The van der Waals surface area contributed by atoms with Crippen LogP contribution >= 0.6 is 0 Å². The minimum Gasteiger partial charge on any atom is -0.497 e. The van der Waals surface area contributed by atoms with E-state index in [0.29, 0.717) is 26.2 Å². The molecular weight excluding hydrogens is 689 g/mol. The Morgan fingerprint density at radius 3 is 1.44 bits per heavy atom. The van der Waals surface area contributed by atoms with Crippen LogP contribution in [0.4, 0.5) is 0 Å². The Morgan fingerprint density at radius 2 is 0.945 bits per heavy atom. The van der Waals surface area contributed by atoms with E-state index in [9.17, 15) is 9.59 Å². The van der Waals surface area contributed by atoms with Crippen molar-refractivity contribution in [1.82, 2.24) is 10.6 Å². The molecule has 2 amide bonds. The summed E-state index contributed by atoms with van der Waals surface area (Å²) < 4.78 is 17.9. The molecule has 0 aliphatic heterocycles. The number of aliphatic hydroxyl groups is 1. The van der Waals surface area contributed by atoms with Crippen LogP contribution in [0.5, 0.6) is 11.5 Å². The van der Waals surface area contributed by atoms with E-state index < -0.39 is 5.60 Å². The van der Waals surface area contributed by atoms with Crippen LogP contribution in [0.3, 0.4) is 0 Å². The second-order valence-electron chi connectivity index (χ2n) is 14.7. The Hall–Kier alpha value is -3.88. The summed E-state index contributed by atoms with van der Waals surface area (Å²) in [7, 11) is 3.37. The van der Waals surface area contributed by atoms with Crippen molar-refractivity contribution in [2.45, 2.75) is 134 Å². The van der Waals surface area contributed by atoms with Gasteiger partial charge >= 0.3 is 0 Å². The quantitative estimate of drug-likeness (QED) is 0.0433. The highest BCUT2D eigenvalue weighted by Crippen LogP contribution is 2.41. The maximum atomic E-state index is 12.1. The molecular formula is C47H70N2O6. The first kappa shape index (κ1) is 45.5. The highest BCUT2D eigenvalue weighted by molar-refractivity contribution is 5.84. The van der Waals surface area contributed by atoms with Gasteiger partial charge in [-0.3, -0.25) is 9.59 Å². The molecule has 0 atom stereocenters. The molecule has 0 radical (unpaired) electrons. The third-order valence-electron chi connectivity index (χ3n) is 10.4. The SMILES string of the molecule is COc1ccc(C(OCCCCCCCCCCCCNC(=O)CNC(=O)CCCCCCCCCCCO)(c2ccccc2)c2ccc(OC)cc2)cc1. The summed E-state index contributed by atoms with van der Waals surface area (Å²) >= 11 is 0. The highest BCUT2D eigenvalue weighted by Gasteiger charge is 2.37. The molecule has 8 heteroatoms. The molecule has 0 fully saturated rings. The number of unbranched alkanes of at least 4 members (excludes halogenated alkanes) is 17. The second kappa shape index (κ2) is 28.5. The van der Waals surface area contributed by atoms with E-state index in [-0.39, 0.29) is 18.4 Å². The van der Waals surface area contributed by atoms with Gasteiger partial charge in [0.2, 0.25) is 11.8 Å². The van der Waals surface area contributed by atoms with Gasteiger partial charge in [-0.2, -0.15) is 0 Å². The molecule has 0 saturated carbocycles. The summed E-state index contributed by atoms with van der Waals surface area (Å²) in [5, 5.41) is 14.5. The minimum absolute atomic E-state index is 0.0352. The lowest BCUT2D eigenvalue weighted by Gasteiger charge is -2.36. The van der Waals surface area contributed by atoms with Crippen molar-refractivity contribution in [2.75, 3.05) is 40.5 Å². The topological polar surface area (TPSA) is 106 Å². The Bertz CT molecular complexity index is 1370. The third kappa shape index (κ3) is 17.6. The molecule has 0 bridgehead atoms. The number of ether oxygens (including phenoxy) is 3. The predicted molar refractivity (Wildman–Crippen MR) is 224 cm³/mol. The highest BCUT2D eigenvalue weighted by atomic mass is 16.5. The fourth-order valence-corrected chi connectivity index (χ4v) is 7.13. The molecule has 0 aliphatic rings. The number of amides is 2. The largest absolute Gasteiger partial charge is 0.497 e. The number of nitrogens with one attached hydrogen (secondary N) is 2. The monoisotopic (exact) mass is 759 g/mol. The van der Waals surface area contributed by atoms with E-state index in [0.717, 1.165) is 86.0 Å². The molecule has 55 heavy (non-hydrogen) atoms. The van der Waals surface area contributed by atoms with Crippen LogP contribution in [0.25, 0.3) is 0 Å². The summed E-state index contributed by atoms with van der Waals surface area (Å²) in [6.07, 6.45) is 22.0. The summed E-state index contributed by atoms with van der Waals surface area (Å²) in [6.45, 7) is 1.67. The number of rotatable bonds is 32. The second-order valence-corrected chi connectivity index (χ2v) is 14.7. The van der Waals surface area contributed by atoms with Crippen molar-refractivity contribution < 1.29 is 28.9 Å². The van der Waals surface area contributed by atoms with Gasteiger partial charge in [0.15, 0.2) is 0 Å². The van der Waals surface area contributed by atoms with Crippen LogP contribution in [0.2, 0.25) is 0 Å². The van der Waals surface area contributed by atoms with E-state index in [4.69, 9.17) is 19.3 Å². The first-order chi connectivity index (χ1) is 27.0. The number of carbonyl (C=O) groups excluding carboxylic acids is 2. The van der Waals surface area contributed by atoms with Gasteiger partial charge in [0.1, 0.15) is 17.1 Å². The van der Waals surface area contributed by atoms with Crippen molar-refractivity contribution >= 4 is 11.8 Å². The Morgan fingerprint density at radius 1 is 0.509 bits per heavy atom. The number of benzene rings is 3. The third-order valence-corrected chi connectivity index (χ3v) is 10.4. The molecule has 0 heterocycles. The van der Waals surface area contributed by atoms with Crippen LogP contribution in [0.15, 0.2) is 78.9 Å². The molecule has 3 N–H and O–H groups in total. The first-order valence-electron chi connectivity index (χ1n) is 21.2. The molecule has 3 rings (SSSR count). The zero-order valence-electron chi connectivity index (χ0n) is 34.0. The van der Waals surface area contributed by atoms with E-state index in [1.807, 2.05) is 30.3 Å². The van der Waals surface area contributed by atoms with Crippen LogP contribution in [0, 0.1) is 0 Å². The summed E-state index contributed by atoms with van der Waals surface area (Å²) in [5.74, 6) is 1.49. The molecule has 3 aromatic carbocycles. The van der Waals surface area contributed by atoms with Crippen molar-refractivity contribution in [2.24, 2.45) is 0 Å². The maximum Gasteiger partial charge on any atom is 0.239 e. The van der Waals surface area contributed by atoms with Gasteiger partial charge in [-0.25, -0.2) is 0 Å². The smallest absolute Gasteiger partial charge is 0.239 e. The molecule has 8 nitrogen and oxygen atoms in total. The lowest BCUT2D eigenvalue weighted by atomic mass is 9.80. The Labute approximate surface area is 332 Å². The van der Waals surface area contributed by atoms with Gasteiger partial charge in [0.05, 0.1) is 20.8 Å². The van der Waals surface area contributed by atoms with Crippen molar-refractivity contribution in [1.29, 1.82) is 0 Å². The predicted octanol–water partition coefficient (Wildman–Crippen LogP) is 10.0. The van der Waals surface area contributed by atoms with Gasteiger partial charge in [-0.1, -0.05) is 151 Å². The number of hydrogen-bond acceptors (Lipinski definition) is 6. The van der Waals surface area contributed by atoms with E-state index >= 15 is 0 Å². The van der Waals surface area contributed by atoms with Crippen molar-refractivity contribution in [3.63, 3.8) is 0 Å². The van der Waals surface area contributed by atoms with Crippen LogP contribution < -0.4 is 20.1 Å². The van der Waals surface area contributed by atoms with Crippen molar-refractivity contribution in [3.8, 4) is 11.5 Å². The van der Waals surface area contributed by atoms with Crippen LogP contribution in [-0.4, -0.2) is 57.4 Å². The molecule has 0 aromatic heterocycles. The molecule has 0 unspecified atom stereocenters. The standard InChI is InChI=1S/C47H70N2O6/c1-53-43-32-28-41(29-33-43)47(40-25-19-18-20-26-40,42-30-34-44(54-2)35-31-42)55-38-24-17-13-9-4-3-7-11-15-22-36-48-46(52)39-49-45(51)27-21-14-10-6-5-8-12-16-23-37-50/h18-20,25-26,28-35,50H,3-17,21-24,27,36-39H2,1-2H3,(H,48,52)(H,49,51). The zero-order valence-corrected chi connectivity index (χ0v) is 34.0. The van der Waals surface area contributed by atoms with Gasteiger partial charge in [0.25, 0.3) is 0 Å². The molecule has 0 aliphatic carbocycles. The first-order valence-corrected chi connectivity index (χ1v) is 21.2. The van der Waals surface area contributed by atoms with Gasteiger partial charge in [-0.15, -0.1) is 0 Å². The Kier molecular flexibility index (Phi) is 23.6. The van der Waals surface area contributed by atoms with Crippen LogP contribution in [-0.2, 0) is 19.9 Å². The lowest BCUT2D eigenvalue weighted by molar-refractivity contribution is -0.126. The lowest BCUT2D eigenvalue weighted by Crippen LogP contribution is -2.37. The summed E-state index contributed by atoms with van der Waals surface area (Å²) in [5.41, 5.74) is 2.44. The number of aliphatic hydroxyl groups excluding tert-OH is 1. The zero-order chi connectivity index (χ0) is 39.2. The van der Waals surface area contributed by atoms with E-state index in [1.165, 1.54) is 64.2 Å². The van der Waals surface area contributed by atoms with Gasteiger partial charge in [-0.05, 0) is 66.6 Å². The van der Waals surface area contributed by atoms with Gasteiger partial charge < -0.3 is 30.0 Å². The molecule has 304 valence electrons. The summed E-state index contributed by atoms with van der Waals surface area (Å²) in [6, 6.07) is 26.9. The normalized spacial score (nSPS) is 11.3. The summed E-state index contributed by atoms with van der Waals surface area (Å²) in [4.78, 5) is 24.2. The van der Waals surface area contributed by atoms with Crippen LogP contribution in [0.1, 0.15) is 145 Å². The fraction of sp³-hybridized carbons (Fsp3) is 0.574. The van der Waals surface area contributed by atoms with Crippen molar-refractivity contribution in [3.05, 3.63) is 95.6 Å². The fourth-order valence-electron chi connectivity index (χ4n) is 7.13. The average Bonchev–Trinajstić information content (AvgIpc) is 3.22. The minimum atomic E-state index is -0.764. The van der Waals surface area contributed by atoms with E-state index in [2.05, 4.69) is 59.2 Å².